The van der Waals surface area contributed by atoms with Gasteiger partial charge in [-0.3, -0.25) is 4.90 Å². The zero-order valence-corrected chi connectivity index (χ0v) is 16.5. The van der Waals surface area contributed by atoms with Gasteiger partial charge in [-0.2, -0.15) is 0 Å². The second-order valence-electron chi connectivity index (χ2n) is 6.94. The summed E-state index contributed by atoms with van der Waals surface area (Å²) in [4.78, 5) is 11.3. The third kappa shape index (κ3) is 4.46. The Labute approximate surface area is 169 Å². The average Bonchev–Trinajstić information content (AvgIpc) is 2.75. The van der Waals surface area contributed by atoms with Crippen LogP contribution in [0.2, 0.25) is 0 Å². The third-order valence-electron chi connectivity index (χ3n) is 4.97. The van der Waals surface area contributed by atoms with Crippen LogP contribution in [-0.4, -0.2) is 35.6 Å². The van der Waals surface area contributed by atoms with Crippen molar-refractivity contribution in [3.63, 3.8) is 0 Å². The Morgan fingerprint density at radius 2 is 1.86 bits per heavy atom. The van der Waals surface area contributed by atoms with Crippen LogP contribution in [0.25, 0.3) is 0 Å². The second kappa shape index (κ2) is 8.45. The van der Waals surface area contributed by atoms with Gasteiger partial charge in [0.15, 0.2) is 0 Å². The van der Waals surface area contributed by atoms with Crippen LogP contribution in [0.3, 0.4) is 0 Å². The average molecular weight is 394 g/mol. The fraction of sp³-hybridized carbons (Fsp3) is 0.273. The Morgan fingerprint density at radius 3 is 2.59 bits per heavy atom. The normalized spacial score (nSPS) is 13.6. The molecule has 7 heteroatoms. The molecule has 29 heavy (non-hydrogen) atoms. The first-order valence-electron chi connectivity index (χ1n) is 9.45. The highest BCUT2D eigenvalue weighted by Gasteiger charge is 2.19. The molecule has 3 aromatic rings. The van der Waals surface area contributed by atoms with E-state index in [1.807, 2.05) is 36.5 Å². The number of hydrogen-bond acceptors (Lipinski definition) is 6. The standard InChI is InChI=1S/C22H23FN4O2/c1-28-18-9-17(10-19(11-18)29-2)25-22-24-12-16-14-27(8-7-21(16)26-22)13-15-5-3-4-6-20(15)23/h3-6,9-12H,7-8,13-14H2,1-2H3,(H,24,25,26). The van der Waals surface area contributed by atoms with E-state index >= 15 is 0 Å². The monoisotopic (exact) mass is 394 g/mol. The highest BCUT2D eigenvalue weighted by atomic mass is 19.1. The van der Waals surface area contributed by atoms with E-state index in [1.165, 1.54) is 6.07 Å². The number of anilines is 2. The molecule has 0 saturated carbocycles. The molecule has 6 nitrogen and oxygen atoms in total. The molecular formula is C22H23FN4O2. The summed E-state index contributed by atoms with van der Waals surface area (Å²) in [6, 6.07) is 12.4. The van der Waals surface area contributed by atoms with Crippen LogP contribution in [0.4, 0.5) is 16.0 Å². The Morgan fingerprint density at radius 1 is 1.10 bits per heavy atom. The molecule has 0 spiro atoms. The zero-order valence-electron chi connectivity index (χ0n) is 16.5. The van der Waals surface area contributed by atoms with Crippen LogP contribution in [0.5, 0.6) is 11.5 Å². The first-order valence-corrected chi connectivity index (χ1v) is 9.45. The molecule has 0 fully saturated rings. The predicted molar refractivity (Wildman–Crippen MR) is 109 cm³/mol. The molecule has 0 unspecified atom stereocenters. The maximum atomic E-state index is 13.9. The molecule has 1 aliphatic heterocycles. The highest BCUT2D eigenvalue weighted by Crippen LogP contribution is 2.28. The molecule has 1 aliphatic rings. The summed E-state index contributed by atoms with van der Waals surface area (Å²) in [5.41, 5.74) is 3.59. The van der Waals surface area contributed by atoms with Crippen LogP contribution in [-0.2, 0) is 19.5 Å². The molecule has 0 bridgehead atoms. The van der Waals surface area contributed by atoms with Gasteiger partial charge in [0, 0.05) is 67.3 Å². The topological polar surface area (TPSA) is 59.5 Å². The van der Waals surface area contributed by atoms with E-state index in [0.29, 0.717) is 36.1 Å². The number of hydrogen-bond donors (Lipinski definition) is 1. The Balaban J connectivity index is 1.47. The number of methoxy groups -OCH3 is 2. The second-order valence-corrected chi connectivity index (χ2v) is 6.94. The van der Waals surface area contributed by atoms with Gasteiger partial charge in [-0.25, -0.2) is 14.4 Å². The minimum atomic E-state index is -0.164. The molecule has 2 aromatic carbocycles. The van der Waals surface area contributed by atoms with E-state index in [0.717, 1.165) is 29.9 Å². The summed E-state index contributed by atoms with van der Waals surface area (Å²) >= 11 is 0. The number of rotatable bonds is 6. The van der Waals surface area contributed by atoms with Crippen LogP contribution in [0, 0.1) is 5.82 Å². The molecule has 0 amide bonds. The van der Waals surface area contributed by atoms with E-state index in [1.54, 1.807) is 20.3 Å². The summed E-state index contributed by atoms with van der Waals surface area (Å²) in [6.07, 6.45) is 2.64. The lowest BCUT2D eigenvalue weighted by Gasteiger charge is -2.28. The molecule has 0 saturated heterocycles. The molecule has 0 atom stereocenters. The SMILES string of the molecule is COc1cc(Nc2ncc3c(n2)CCN(Cc2ccccc2F)C3)cc(OC)c1. The van der Waals surface area contributed by atoms with Crippen molar-refractivity contribution in [1.82, 2.24) is 14.9 Å². The maximum Gasteiger partial charge on any atom is 0.227 e. The van der Waals surface area contributed by atoms with Crippen molar-refractivity contribution in [2.75, 3.05) is 26.1 Å². The summed E-state index contributed by atoms with van der Waals surface area (Å²) in [5, 5.41) is 3.22. The van der Waals surface area contributed by atoms with Gasteiger partial charge in [0.2, 0.25) is 5.95 Å². The number of aromatic nitrogens is 2. The summed E-state index contributed by atoms with van der Waals surface area (Å²) in [6.45, 7) is 2.11. The van der Waals surface area contributed by atoms with Crippen molar-refractivity contribution in [3.8, 4) is 11.5 Å². The lowest BCUT2D eigenvalue weighted by Crippen LogP contribution is -2.31. The molecule has 0 radical (unpaired) electrons. The van der Waals surface area contributed by atoms with Gasteiger partial charge in [-0.15, -0.1) is 0 Å². The smallest absolute Gasteiger partial charge is 0.227 e. The van der Waals surface area contributed by atoms with Crippen molar-refractivity contribution >= 4 is 11.6 Å². The van der Waals surface area contributed by atoms with Crippen LogP contribution in [0.1, 0.15) is 16.8 Å². The maximum absolute atomic E-state index is 13.9. The van der Waals surface area contributed by atoms with Gasteiger partial charge >= 0.3 is 0 Å². The van der Waals surface area contributed by atoms with Crippen LogP contribution < -0.4 is 14.8 Å². The van der Waals surface area contributed by atoms with E-state index in [-0.39, 0.29) is 5.82 Å². The minimum absolute atomic E-state index is 0.164. The van der Waals surface area contributed by atoms with Gasteiger partial charge in [0.25, 0.3) is 0 Å². The van der Waals surface area contributed by atoms with E-state index in [2.05, 4.69) is 20.2 Å². The number of fused-ring (bicyclic) bond motifs is 1. The lowest BCUT2D eigenvalue weighted by atomic mass is 10.1. The van der Waals surface area contributed by atoms with Gasteiger partial charge in [0.05, 0.1) is 19.9 Å². The van der Waals surface area contributed by atoms with Gasteiger partial charge in [-0.05, 0) is 6.07 Å². The van der Waals surface area contributed by atoms with Crippen molar-refractivity contribution in [1.29, 1.82) is 0 Å². The quantitative estimate of drug-likeness (QED) is 0.684. The molecule has 0 aliphatic carbocycles. The molecule has 150 valence electrons. The molecule has 1 N–H and O–H groups in total. The van der Waals surface area contributed by atoms with Crippen molar-refractivity contribution in [3.05, 3.63) is 71.3 Å². The molecule has 1 aromatic heterocycles. The van der Waals surface area contributed by atoms with Crippen molar-refractivity contribution in [2.24, 2.45) is 0 Å². The fourth-order valence-corrected chi connectivity index (χ4v) is 3.45. The van der Waals surface area contributed by atoms with Crippen LogP contribution in [0.15, 0.2) is 48.7 Å². The largest absolute Gasteiger partial charge is 0.497 e. The Bertz CT molecular complexity index is 990. The van der Waals surface area contributed by atoms with Crippen molar-refractivity contribution < 1.29 is 13.9 Å². The van der Waals surface area contributed by atoms with Gasteiger partial charge in [-0.1, -0.05) is 18.2 Å². The first kappa shape index (κ1) is 19.1. The number of nitrogens with one attached hydrogen (secondary N) is 1. The highest BCUT2D eigenvalue weighted by molar-refractivity contribution is 5.59. The van der Waals surface area contributed by atoms with Gasteiger partial charge < -0.3 is 14.8 Å². The van der Waals surface area contributed by atoms with E-state index in [4.69, 9.17) is 9.47 Å². The number of nitrogens with zero attached hydrogens (tertiary/aromatic N) is 3. The Kier molecular flexibility index (Phi) is 5.57. The number of ether oxygens (including phenoxy) is 2. The van der Waals surface area contributed by atoms with E-state index in [9.17, 15) is 4.39 Å². The van der Waals surface area contributed by atoms with Gasteiger partial charge in [0.1, 0.15) is 17.3 Å². The van der Waals surface area contributed by atoms with E-state index < -0.39 is 0 Å². The summed E-state index contributed by atoms with van der Waals surface area (Å²) in [7, 11) is 3.22. The zero-order chi connectivity index (χ0) is 20.2. The van der Waals surface area contributed by atoms with Crippen LogP contribution >= 0.6 is 0 Å². The molecule has 2 heterocycles. The molecule has 4 rings (SSSR count). The first-order chi connectivity index (χ1) is 14.1. The minimum Gasteiger partial charge on any atom is -0.497 e. The molecular weight excluding hydrogens is 371 g/mol. The van der Waals surface area contributed by atoms with Crippen molar-refractivity contribution in [2.45, 2.75) is 19.5 Å². The third-order valence-corrected chi connectivity index (χ3v) is 4.97. The summed E-state index contributed by atoms with van der Waals surface area (Å²) in [5.74, 6) is 1.74. The predicted octanol–water partition coefficient (Wildman–Crippen LogP) is 3.93. The lowest BCUT2D eigenvalue weighted by molar-refractivity contribution is 0.239. The summed E-state index contributed by atoms with van der Waals surface area (Å²) < 4.78 is 24.5. The fourth-order valence-electron chi connectivity index (χ4n) is 3.45. The Hall–Kier alpha value is -3.19. The number of halogens is 1. The number of benzene rings is 2.